The summed E-state index contributed by atoms with van der Waals surface area (Å²) in [5, 5.41) is 2.92. The van der Waals surface area contributed by atoms with Crippen molar-refractivity contribution in [2.45, 2.75) is 44.4 Å². The molecule has 1 aromatic carbocycles. The number of carbonyl (C=O) groups is 1. The van der Waals surface area contributed by atoms with Gasteiger partial charge in [0.1, 0.15) is 0 Å². The fourth-order valence-electron chi connectivity index (χ4n) is 3.03. The lowest BCUT2D eigenvalue weighted by Crippen LogP contribution is -2.44. The highest BCUT2D eigenvalue weighted by atomic mass is 35.5. The van der Waals surface area contributed by atoms with E-state index >= 15 is 0 Å². The molecule has 1 amide bonds. The smallest absolute Gasteiger partial charge is 0.243 e. The second kappa shape index (κ2) is 10.4. The highest BCUT2D eigenvalue weighted by Crippen LogP contribution is 2.25. The van der Waals surface area contributed by atoms with Crippen LogP contribution >= 0.6 is 12.4 Å². The van der Waals surface area contributed by atoms with Gasteiger partial charge in [0.05, 0.1) is 4.90 Å². The first-order valence-corrected chi connectivity index (χ1v) is 10.8. The van der Waals surface area contributed by atoms with Gasteiger partial charge in [-0.2, -0.15) is 4.31 Å². The molecule has 27 heavy (non-hydrogen) atoms. The van der Waals surface area contributed by atoms with E-state index in [9.17, 15) is 13.2 Å². The molecule has 1 aromatic rings. The van der Waals surface area contributed by atoms with Crippen LogP contribution in [0.5, 0.6) is 0 Å². The molecule has 8 heteroatoms. The lowest BCUT2D eigenvalue weighted by Gasteiger charge is -2.30. The molecular weight excluding hydrogens is 386 g/mol. The first-order valence-electron chi connectivity index (χ1n) is 9.33. The van der Waals surface area contributed by atoms with Crippen molar-refractivity contribution < 1.29 is 13.2 Å². The number of benzene rings is 1. The van der Waals surface area contributed by atoms with E-state index in [1.54, 1.807) is 12.1 Å². The zero-order valence-electron chi connectivity index (χ0n) is 16.3. The molecule has 0 aromatic heterocycles. The molecule has 1 fully saturated rings. The number of amides is 1. The molecule has 154 valence electrons. The summed E-state index contributed by atoms with van der Waals surface area (Å²) >= 11 is 0. The van der Waals surface area contributed by atoms with Crippen LogP contribution in [0, 0.1) is 11.8 Å². The summed E-state index contributed by atoms with van der Waals surface area (Å²) < 4.78 is 27.1. The molecule has 0 bridgehead atoms. The van der Waals surface area contributed by atoms with Crippen molar-refractivity contribution in [1.82, 2.24) is 9.62 Å². The van der Waals surface area contributed by atoms with E-state index in [2.05, 4.69) is 19.2 Å². The molecular formula is C19H32ClN3O3S. The Hall–Kier alpha value is -1.15. The molecule has 6 nitrogen and oxygen atoms in total. The third-order valence-electron chi connectivity index (χ3n) is 5.04. The Morgan fingerprint density at radius 2 is 1.74 bits per heavy atom. The average molecular weight is 418 g/mol. The number of rotatable bonds is 7. The molecule has 1 atom stereocenters. The Morgan fingerprint density at radius 1 is 1.19 bits per heavy atom. The van der Waals surface area contributed by atoms with Gasteiger partial charge in [-0.05, 0) is 48.9 Å². The van der Waals surface area contributed by atoms with E-state index in [4.69, 9.17) is 5.73 Å². The van der Waals surface area contributed by atoms with Crippen LogP contribution in [0.2, 0.25) is 0 Å². The Bertz CT molecular complexity index is 699. The van der Waals surface area contributed by atoms with Crippen molar-refractivity contribution in [3.8, 4) is 0 Å². The van der Waals surface area contributed by atoms with E-state index < -0.39 is 10.0 Å². The lowest BCUT2D eigenvalue weighted by molar-refractivity contribution is -0.126. The van der Waals surface area contributed by atoms with Crippen LogP contribution in [0.15, 0.2) is 29.2 Å². The molecule has 1 saturated heterocycles. The number of nitrogens with one attached hydrogen (secondary N) is 1. The van der Waals surface area contributed by atoms with E-state index in [1.165, 1.54) is 4.31 Å². The number of nitrogens with two attached hydrogens (primary N) is 1. The van der Waals surface area contributed by atoms with Crippen molar-refractivity contribution >= 4 is 28.3 Å². The van der Waals surface area contributed by atoms with Gasteiger partial charge in [-0.15, -0.1) is 12.4 Å². The van der Waals surface area contributed by atoms with Gasteiger partial charge in [-0.25, -0.2) is 8.42 Å². The summed E-state index contributed by atoms with van der Waals surface area (Å²) in [7, 11) is -3.50. The van der Waals surface area contributed by atoms with Gasteiger partial charge in [-0.1, -0.05) is 32.9 Å². The summed E-state index contributed by atoms with van der Waals surface area (Å²) in [5.74, 6) is 0.481. The van der Waals surface area contributed by atoms with E-state index in [0.29, 0.717) is 49.8 Å². The third kappa shape index (κ3) is 6.17. The second-order valence-electron chi connectivity index (χ2n) is 7.49. The van der Waals surface area contributed by atoms with Crippen molar-refractivity contribution in [3.63, 3.8) is 0 Å². The number of sulfonamides is 1. The fourth-order valence-corrected chi connectivity index (χ4v) is 4.50. The minimum atomic E-state index is -3.50. The van der Waals surface area contributed by atoms with Crippen LogP contribution in [0.3, 0.4) is 0 Å². The first-order chi connectivity index (χ1) is 12.3. The number of nitrogens with zero attached hydrogens (tertiary/aromatic N) is 1. The predicted octanol–water partition coefficient (Wildman–Crippen LogP) is 2.34. The van der Waals surface area contributed by atoms with E-state index in [1.807, 2.05) is 19.1 Å². The molecule has 0 radical (unpaired) electrons. The number of halogens is 1. The molecule has 1 aliphatic heterocycles. The molecule has 3 N–H and O–H groups in total. The van der Waals surface area contributed by atoms with Gasteiger partial charge in [0.2, 0.25) is 15.9 Å². The van der Waals surface area contributed by atoms with Crippen LogP contribution in [-0.4, -0.2) is 44.8 Å². The van der Waals surface area contributed by atoms with Gasteiger partial charge in [0.15, 0.2) is 0 Å². The van der Waals surface area contributed by atoms with Crippen LogP contribution in [0.25, 0.3) is 0 Å². The summed E-state index contributed by atoms with van der Waals surface area (Å²) in [6.07, 6.45) is 1.10. The van der Waals surface area contributed by atoms with Crippen molar-refractivity contribution in [1.29, 1.82) is 0 Å². The van der Waals surface area contributed by atoms with Gasteiger partial charge >= 0.3 is 0 Å². The molecule has 0 spiro atoms. The molecule has 2 rings (SSSR count). The maximum absolute atomic E-state index is 12.8. The number of carbonyl (C=O) groups excluding carboxylic acids is 1. The summed E-state index contributed by atoms with van der Waals surface area (Å²) in [6, 6.07) is 7.10. The molecule has 0 aliphatic carbocycles. The predicted molar refractivity (Wildman–Crippen MR) is 110 cm³/mol. The van der Waals surface area contributed by atoms with Crippen LogP contribution in [-0.2, 0) is 14.8 Å². The van der Waals surface area contributed by atoms with E-state index in [-0.39, 0.29) is 30.2 Å². The fraction of sp³-hybridized carbons (Fsp3) is 0.632. The summed E-state index contributed by atoms with van der Waals surface area (Å²) in [5.41, 5.74) is 6.68. The largest absolute Gasteiger partial charge is 0.356 e. The maximum atomic E-state index is 12.8. The Morgan fingerprint density at radius 3 is 2.22 bits per heavy atom. The Labute approximate surface area is 169 Å². The highest BCUT2D eigenvalue weighted by Gasteiger charge is 2.32. The molecule has 0 saturated carbocycles. The van der Waals surface area contributed by atoms with Gasteiger partial charge < -0.3 is 11.1 Å². The first kappa shape index (κ1) is 23.9. The third-order valence-corrected chi connectivity index (χ3v) is 6.95. The topological polar surface area (TPSA) is 92.5 Å². The second-order valence-corrected chi connectivity index (χ2v) is 9.43. The maximum Gasteiger partial charge on any atom is 0.243 e. The minimum absolute atomic E-state index is 0. The van der Waals surface area contributed by atoms with Crippen molar-refractivity contribution in [3.05, 3.63) is 29.8 Å². The average Bonchev–Trinajstić information content (AvgIpc) is 2.65. The standard InChI is InChI=1S/C19H31N3O3S.ClH/c1-14(2)16-4-6-18(7-5-16)26(24,25)22-10-8-17(9-11-22)19(23)21-13-15(3)12-20;/h4-7,14-15,17H,8-13,20H2,1-3H3,(H,21,23);1H. The Balaban J connectivity index is 0.00000364. The Kier molecular flexibility index (Phi) is 9.21. The molecule has 1 heterocycles. The van der Waals surface area contributed by atoms with Crippen LogP contribution in [0.4, 0.5) is 0 Å². The lowest BCUT2D eigenvalue weighted by atomic mass is 9.97. The number of hydrogen-bond donors (Lipinski definition) is 2. The molecule has 1 aliphatic rings. The monoisotopic (exact) mass is 417 g/mol. The van der Waals surface area contributed by atoms with Gasteiger partial charge in [0.25, 0.3) is 0 Å². The molecule has 1 unspecified atom stereocenters. The number of piperidine rings is 1. The van der Waals surface area contributed by atoms with Gasteiger partial charge in [0, 0.05) is 25.6 Å². The number of hydrogen-bond acceptors (Lipinski definition) is 4. The van der Waals surface area contributed by atoms with Crippen LogP contribution in [0.1, 0.15) is 45.1 Å². The van der Waals surface area contributed by atoms with E-state index in [0.717, 1.165) is 5.56 Å². The van der Waals surface area contributed by atoms with Crippen molar-refractivity contribution in [2.24, 2.45) is 17.6 Å². The highest BCUT2D eigenvalue weighted by molar-refractivity contribution is 7.89. The van der Waals surface area contributed by atoms with Gasteiger partial charge in [-0.3, -0.25) is 4.79 Å². The van der Waals surface area contributed by atoms with Crippen LogP contribution < -0.4 is 11.1 Å². The zero-order chi connectivity index (χ0) is 19.3. The quantitative estimate of drug-likeness (QED) is 0.712. The summed E-state index contributed by atoms with van der Waals surface area (Å²) in [6.45, 7) is 7.99. The summed E-state index contributed by atoms with van der Waals surface area (Å²) in [4.78, 5) is 12.5. The van der Waals surface area contributed by atoms with Crippen molar-refractivity contribution in [2.75, 3.05) is 26.2 Å². The minimum Gasteiger partial charge on any atom is -0.356 e. The zero-order valence-corrected chi connectivity index (χ0v) is 18.0. The SMILES string of the molecule is CC(CN)CNC(=O)C1CCN(S(=O)(=O)c2ccc(C(C)C)cc2)CC1.Cl. The normalized spacial score (nSPS) is 17.4.